The molecule has 0 saturated heterocycles. The molecule has 26 heavy (non-hydrogen) atoms. The van der Waals surface area contributed by atoms with E-state index in [1.54, 1.807) is 32.0 Å². The van der Waals surface area contributed by atoms with Gasteiger partial charge in [0.1, 0.15) is 11.2 Å². The molecule has 0 fully saturated rings. The van der Waals surface area contributed by atoms with Crippen LogP contribution < -0.4 is 15.4 Å². The van der Waals surface area contributed by atoms with Gasteiger partial charge in [0.2, 0.25) is 11.8 Å². The third kappa shape index (κ3) is 4.85. The molecule has 0 aromatic heterocycles. The summed E-state index contributed by atoms with van der Waals surface area (Å²) in [5, 5.41) is 5.68. The first-order valence-electron chi connectivity index (χ1n) is 8.79. The van der Waals surface area contributed by atoms with Gasteiger partial charge in [-0.2, -0.15) is 0 Å². The molecule has 0 aliphatic heterocycles. The Balaban J connectivity index is 2.15. The lowest BCUT2D eigenvalue weighted by atomic mass is 9.90. The molecular formula is C21H26N2O3. The molecule has 0 bridgehead atoms. The molecule has 2 rings (SSSR count). The lowest BCUT2D eigenvalue weighted by Gasteiger charge is -2.25. The number of nitrogens with one attached hydrogen (secondary N) is 2. The Labute approximate surface area is 154 Å². The highest BCUT2D eigenvalue weighted by molar-refractivity contribution is 6.10. The average Bonchev–Trinajstić information content (AvgIpc) is 2.63. The highest BCUT2D eigenvalue weighted by Gasteiger charge is 2.36. The molecule has 2 aromatic carbocycles. The third-order valence-electron chi connectivity index (χ3n) is 4.23. The zero-order chi connectivity index (χ0) is 19.2. The summed E-state index contributed by atoms with van der Waals surface area (Å²) in [5.41, 5.74) is -0.686. The fraction of sp³-hybridized carbons (Fsp3) is 0.333. The molecule has 2 N–H and O–H groups in total. The summed E-state index contributed by atoms with van der Waals surface area (Å²) in [6.07, 6.45) is 0.803. The van der Waals surface area contributed by atoms with Crippen LogP contribution >= 0.6 is 0 Å². The largest absolute Gasteiger partial charge is 0.455 e. The zero-order valence-electron chi connectivity index (χ0n) is 15.7. The molecule has 0 aliphatic rings. The predicted octanol–water partition coefficient (Wildman–Crippen LogP) is 4.36. The molecule has 1 unspecified atom stereocenters. The van der Waals surface area contributed by atoms with Crippen molar-refractivity contribution < 1.29 is 14.3 Å². The van der Waals surface area contributed by atoms with Crippen molar-refractivity contribution in [2.75, 3.05) is 5.32 Å². The van der Waals surface area contributed by atoms with Crippen LogP contribution in [-0.2, 0) is 9.59 Å². The van der Waals surface area contributed by atoms with Gasteiger partial charge >= 0.3 is 0 Å². The van der Waals surface area contributed by atoms with Crippen LogP contribution in [0.1, 0.15) is 34.1 Å². The number of hydrogen-bond acceptors (Lipinski definition) is 3. The van der Waals surface area contributed by atoms with E-state index in [-0.39, 0.29) is 17.9 Å². The highest BCUT2D eigenvalue weighted by atomic mass is 16.5. The quantitative estimate of drug-likeness (QED) is 0.726. The van der Waals surface area contributed by atoms with E-state index in [9.17, 15) is 9.59 Å². The van der Waals surface area contributed by atoms with Crippen molar-refractivity contribution in [1.82, 2.24) is 5.32 Å². The van der Waals surface area contributed by atoms with Gasteiger partial charge in [-0.1, -0.05) is 37.3 Å². The minimum Gasteiger partial charge on any atom is -0.455 e. The Morgan fingerprint density at radius 1 is 1.00 bits per heavy atom. The number of benzene rings is 2. The van der Waals surface area contributed by atoms with Crippen molar-refractivity contribution in [3.63, 3.8) is 0 Å². The van der Waals surface area contributed by atoms with Crippen LogP contribution in [0.2, 0.25) is 0 Å². The number of amides is 2. The zero-order valence-corrected chi connectivity index (χ0v) is 15.7. The summed E-state index contributed by atoms with van der Waals surface area (Å²) in [4.78, 5) is 25.2. The van der Waals surface area contributed by atoms with Gasteiger partial charge in [-0.15, -0.1) is 0 Å². The molecule has 0 saturated carbocycles. The van der Waals surface area contributed by atoms with E-state index >= 15 is 0 Å². The maximum Gasteiger partial charge on any atom is 0.239 e. The minimum atomic E-state index is -1.21. The summed E-state index contributed by atoms with van der Waals surface area (Å²) in [6, 6.07) is 16.5. The van der Waals surface area contributed by atoms with Crippen molar-refractivity contribution in [3.8, 4) is 11.5 Å². The van der Waals surface area contributed by atoms with Crippen LogP contribution in [0.5, 0.6) is 11.5 Å². The van der Waals surface area contributed by atoms with Crippen LogP contribution in [-0.4, -0.2) is 17.9 Å². The minimum absolute atomic E-state index is 0.0169. The summed E-state index contributed by atoms with van der Waals surface area (Å²) < 4.78 is 5.85. The molecule has 5 nitrogen and oxygen atoms in total. The monoisotopic (exact) mass is 354 g/mol. The molecule has 5 heteroatoms. The van der Waals surface area contributed by atoms with Crippen LogP contribution in [0, 0.1) is 5.41 Å². The number of carbonyl (C=O) groups is 2. The predicted molar refractivity (Wildman–Crippen MR) is 103 cm³/mol. The van der Waals surface area contributed by atoms with E-state index < -0.39 is 5.41 Å². The summed E-state index contributed by atoms with van der Waals surface area (Å²) >= 11 is 0. The first-order valence-corrected chi connectivity index (χ1v) is 8.79. The molecule has 2 amide bonds. The topological polar surface area (TPSA) is 67.4 Å². The van der Waals surface area contributed by atoms with E-state index in [0.29, 0.717) is 17.2 Å². The van der Waals surface area contributed by atoms with Crippen molar-refractivity contribution in [1.29, 1.82) is 0 Å². The third-order valence-corrected chi connectivity index (χ3v) is 4.23. The normalized spacial score (nSPS) is 12.2. The maximum absolute atomic E-state index is 12.7. The molecule has 1 atom stereocenters. The molecule has 0 heterocycles. The molecule has 0 aliphatic carbocycles. The Morgan fingerprint density at radius 3 is 2.27 bits per heavy atom. The SMILES string of the molecule is CCC(C)NC(=O)C(C)(C)C(=O)Nc1ccccc1Oc1ccccc1. The average molecular weight is 354 g/mol. The van der Waals surface area contributed by atoms with E-state index in [2.05, 4.69) is 10.6 Å². The number of anilines is 1. The van der Waals surface area contributed by atoms with E-state index in [1.807, 2.05) is 50.2 Å². The first-order chi connectivity index (χ1) is 12.3. The van der Waals surface area contributed by atoms with E-state index in [1.165, 1.54) is 0 Å². The molecular weight excluding hydrogens is 328 g/mol. The van der Waals surface area contributed by atoms with Gasteiger partial charge in [-0.3, -0.25) is 9.59 Å². The van der Waals surface area contributed by atoms with Crippen molar-refractivity contribution in [2.24, 2.45) is 5.41 Å². The fourth-order valence-electron chi connectivity index (χ4n) is 2.16. The Bertz CT molecular complexity index is 757. The maximum atomic E-state index is 12.7. The number of carbonyl (C=O) groups excluding carboxylic acids is 2. The lowest BCUT2D eigenvalue weighted by Crippen LogP contribution is -2.47. The first kappa shape index (κ1) is 19.5. The second-order valence-corrected chi connectivity index (χ2v) is 6.77. The number of para-hydroxylation sites is 3. The van der Waals surface area contributed by atoms with Crippen LogP contribution in [0.4, 0.5) is 5.69 Å². The smallest absolute Gasteiger partial charge is 0.239 e. The second kappa shape index (κ2) is 8.52. The van der Waals surface area contributed by atoms with Gasteiger partial charge in [0, 0.05) is 6.04 Å². The van der Waals surface area contributed by atoms with Gasteiger partial charge in [0.05, 0.1) is 5.69 Å². The second-order valence-electron chi connectivity index (χ2n) is 6.77. The fourth-order valence-corrected chi connectivity index (χ4v) is 2.16. The van der Waals surface area contributed by atoms with Gasteiger partial charge in [-0.25, -0.2) is 0 Å². The molecule has 0 spiro atoms. The molecule has 138 valence electrons. The summed E-state index contributed by atoms with van der Waals surface area (Å²) in [6.45, 7) is 7.12. The van der Waals surface area contributed by atoms with Crippen LogP contribution in [0.3, 0.4) is 0 Å². The van der Waals surface area contributed by atoms with Gasteiger partial charge < -0.3 is 15.4 Å². The molecule has 2 aromatic rings. The van der Waals surface area contributed by atoms with E-state index in [0.717, 1.165) is 6.42 Å². The standard InChI is InChI=1S/C21H26N2O3/c1-5-15(2)22-19(24)21(3,4)20(25)23-17-13-9-10-14-18(17)26-16-11-7-6-8-12-16/h6-15H,5H2,1-4H3,(H,22,24)(H,23,25). The lowest BCUT2D eigenvalue weighted by molar-refractivity contribution is -0.138. The van der Waals surface area contributed by atoms with Crippen molar-refractivity contribution in [3.05, 3.63) is 54.6 Å². The van der Waals surface area contributed by atoms with Crippen molar-refractivity contribution >= 4 is 17.5 Å². The molecule has 0 radical (unpaired) electrons. The summed E-state index contributed by atoms with van der Waals surface area (Å²) in [7, 11) is 0. The number of hydrogen-bond donors (Lipinski definition) is 2. The van der Waals surface area contributed by atoms with Crippen LogP contribution in [0.25, 0.3) is 0 Å². The van der Waals surface area contributed by atoms with Crippen LogP contribution in [0.15, 0.2) is 54.6 Å². The Hall–Kier alpha value is -2.82. The van der Waals surface area contributed by atoms with Gasteiger partial charge in [0.15, 0.2) is 5.75 Å². The highest BCUT2D eigenvalue weighted by Crippen LogP contribution is 2.30. The van der Waals surface area contributed by atoms with Gasteiger partial charge in [0.25, 0.3) is 0 Å². The number of ether oxygens (including phenoxy) is 1. The summed E-state index contributed by atoms with van der Waals surface area (Å²) in [5.74, 6) is 0.501. The van der Waals surface area contributed by atoms with E-state index in [4.69, 9.17) is 4.74 Å². The number of rotatable bonds is 7. The van der Waals surface area contributed by atoms with Crippen molar-refractivity contribution in [2.45, 2.75) is 40.2 Å². The Kier molecular flexibility index (Phi) is 6.39. The Morgan fingerprint density at radius 2 is 1.62 bits per heavy atom. The van der Waals surface area contributed by atoms with Gasteiger partial charge in [-0.05, 0) is 51.5 Å².